The van der Waals surface area contributed by atoms with E-state index in [4.69, 9.17) is 0 Å². The average molecular weight is 368 g/mol. The maximum Gasteiger partial charge on any atom is 0.416 e. The lowest BCUT2D eigenvalue weighted by Crippen LogP contribution is -2.46. The van der Waals surface area contributed by atoms with E-state index >= 15 is 0 Å². The predicted molar refractivity (Wildman–Crippen MR) is 83.1 cm³/mol. The second kappa shape index (κ2) is 7.53. The van der Waals surface area contributed by atoms with E-state index in [0.717, 1.165) is 12.1 Å². The molecular formula is C17H22F6N2. The molecule has 2 rings (SSSR count). The van der Waals surface area contributed by atoms with Gasteiger partial charge in [0.15, 0.2) is 0 Å². The molecule has 1 unspecified atom stereocenters. The number of piperazine rings is 1. The molecule has 0 spiro atoms. The molecule has 25 heavy (non-hydrogen) atoms. The molecule has 1 aromatic carbocycles. The Labute approximate surface area is 143 Å². The first-order valence-corrected chi connectivity index (χ1v) is 8.28. The van der Waals surface area contributed by atoms with Crippen LogP contribution in [0.2, 0.25) is 0 Å². The third-order valence-corrected chi connectivity index (χ3v) is 4.68. The SMILES string of the molecule is CCC(C)[C@@H](c1cc(C(F)(F)F)cc(C(F)(F)F)c1)N1CCNCC1. The van der Waals surface area contributed by atoms with Crippen LogP contribution in [0.25, 0.3) is 0 Å². The van der Waals surface area contributed by atoms with Gasteiger partial charge in [-0.05, 0) is 29.7 Å². The minimum atomic E-state index is -4.82. The largest absolute Gasteiger partial charge is 0.416 e. The van der Waals surface area contributed by atoms with Crippen LogP contribution >= 0.6 is 0 Å². The van der Waals surface area contributed by atoms with E-state index < -0.39 is 29.5 Å². The van der Waals surface area contributed by atoms with Crippen LogP contribution in [-0.2, 0) is 12.4 Å². The average Bonchev–Trinajstić information content (AvgIpc) is 2.54. The molecule has 1 aliphatic rings. The van der Waals surface area contributed by atoms with Crippen LogP contribution in [0.4, 0.5) is 26.3 Å². The van der Waals surface area contributed by atoms with Crippen LogP contribution in [0.15, 0.2) is 18.2 Å². The molecule has 0 radical (unpaired) electrons. The molecule has 142 valence electrons. The molecule has 0 aliphatic carbocycles. The third-order valence-electron chi connectivity index (χ3n) is 4.68. The zero-order chi connectivity index (χ0) is 18.8. The minimum Gasteiger partial charge on any atom is -0.314 e. The molecule has 2 nitrogen and oxygen atoms in total. The van der Waals surface area contributed by atoms with Crippen molar-refractivity contribution in [1.29, 1.82) is 0 Å². The van der Waals surface area contributed by atoms with Crippen molar-refractivity contribution in [3.63, 3.8) is 0 Å². The molecule has 1 aromatic rings. The molecule has 1 fully saturated rings. The zero-order valence-corrected chi connectivity index (χ0v) is 14.1. The van der Waals surface area contributed by atoms with Crippen molar-refractivity contribution in [1.82, 2.24) is 10.2 Å². The number of hydrogen-bond acceptors (Lipinski definition) is 2. The highest BCUT2D eigenvalue weighted by atomic mass is 19.4. The van der Waals surface area contributed by atoms with E-state index in [2.05, 4.69) is 5.32 Å². The number of nitrogens with zero attached hydrogens (tertiary/aromatic N) is 1. The van der Waals surface area contributed by atoms with Crippen LogP contribution in [0, 0.1) is 5.92 Å². The summed E-state index contributed by atoms with van der Waals surface area (Å²) in [5, 5.41) is 3.15. The molecule has 1 saturated heterocycles. The van der Waals surface area contributed by atoms with E-state index in [9.17, 15) is 26.3 Å². The third kappa shape index (κ3) is 4.88. The van der Waals surface area contributed by atoms with Gasteiger partial charge in [0.25, 0.3) is 0 Å². The first kappa shape index (κ1) is 20.0. The van der Waals surface area contributed by atoms with Crippen molar-refractivity contribution >= 4 is 0 Å². The fraction of sp³-hybridized carbons (Fsp3) is 0.647. The van der Waals surface area contributed by atoms with Gasteiger partial charge >= 0.3 is 12.4 Å². The highest BCUT2D eigenvalue weighted by molar-refractivity contribution is 5.35. The lowest BCUT2D eigenvalue weighted by atomic mass is 9.88. The highest BCUT2D eigenvalue weighted by Gasteiger charge is 2.38. The maximum atomic E-state index is 13.1. The van der Waals surface area contributed by atoms with Gasteiger partial charge in [-0.2, -0.15) is 26.3 Å². The van der Waals surface area contributed by atoms with Gasteiger partial charge in [0, 0.05) is 32.2 Å². The summed E-state index contributed by atoms with van der Waals surface area (Å²) in [6.07, 6.45) is -8.98. The molecular weight excluding hydrogens is 346 g/mol. The molecule has 0 amide bonds. The lowest BCUT2D eigenvalue weighted by molar-refractivity contribution is -0.143. The van der Waals surface area contributed by atoms with Crippen LogP contribution < -0.4 is 5.32 Å². The summed E-state index contributed by atoms with van der Waals surface area (Å²) >= 11 is 0. The Balaban J connectivity index is 2.54. The molecule has 1 N–H and O–H groups in total. The zero-order valence-electron chi connectivity index (χ0n) is 14.1. The normalized spacial score (nSPS) is 19.7. The number of benzene rings is 1. The van der Waals surface area contributed by atoms with Crippen LogP contribution in [-0.4, -0.2) is 31.1 Å². The molecule has 0 aromatic heterocycles. The fourth-order valence-corrected chi connectivity index (χ4v) is 3.23. The fourth-order valence-electron chi connectivity index (χ4n) is 3.23. The summed E-state index contributed by atoms with van der Waals surface area (Å²) in [5.74, 6) is -0.0670. The molecule has 2 atom stereocenters. The van der Waals surface area contributed by atoms with Crippen LogP contribution in [0.5, 0.6) is 0 Å². The van der Waals surface area contributed by atoms with Gasteiger partial charge in [-0.25, -0.2) is 0 Å². The summed E-state index contributed by atoms with van der Waals surface area (Å²) in [5.41, 5.74) is -2.42. The van der Waals surface area contributed by atoms with Crippen molar-refractivity contribution in [2.24, 2.45) is 5.92 Å². The molecule has 0 bridgehead atoms. The lowest BCUT2D eigenvalue weighted by Gasteiger charge is -2.39. The molecule has 8 heteroatoms. The van der Waals surface area contributed by atoms with E-state index in [1.165, 1.54) is 0 Å². The Morgan fingerprint density at radius 3 is 1.84 bits per heavy atom. The monoisotopic (exact) mass is 368 g/mol. The number of hydrogen-bond donors (Lipinski definition) is 1. The smallest absolute Gasteiger partial charge is 0.314 e. The minimum absolute atomic E-state index is 0.0670. The Bertz CT molecular complexity index is 543. The Kier molecular flexibility index (Phi) is 6.04. The van der Waals surface area contributed by atoms with E-state index in [1.807, 2.05) is 18.7 Å². The topological polar surface area (TPSA) is 15.3 Å². The van der Waals surface area contributed by atoms with Crippen LogP contribution in [0.3, 0.4) is 0 Å². The van der Waals surface area contributed by atoms with Gasteiger partial charge in [0.05, 0.1) is 11.1 Å². The van der Waals surface area contributed by atoms with Crippen molar-refractivity contribution in [3.05, 3.63) is 34.9 Å². The quantitative estimate of drug-likeness (QED) is 0.774. The van der Waals surface area contributed by atoms with Gasteiger partial charge in [-0.3, -0.25) is 4.90 Å². The Hall–Kier alpha value is -1.28. The number of alkyl halides is 6. The van der Waals surface area contributed by atoms with Gasteiger partial charge in [0.2, 0.25) is 0 Å². The predicted octanol–water partition coefficient (Wildman–Crippen LogP) is 4.72. The van der Waals surface area contributed by atoms with E-state index in [1.54, 1.807) is 0 Å². The van der Waals surface area contributed by atoms with E-state index in [0.29, 0.717) is 32.6 Å². The number of rotatable bonds is 4. The summed E-state index contributed by atoms with van der Waals surface area (Å²) in [7, 11) is 0. The first-order chi connectivity index (χ1) is 11.5. The first-order valence-electron chi connectivity index (χ1n) is 8.28. The van der Waals surface area contributed by atoms with Crippen molar-refractivity contribution in [2.45, 2.75) is 38.7 Å². The maximum absolute atomic E-state index is 13.1. The van der Waals surface area contributed by atoms with Crippen molar-refractivity contribution in [2.75, 3.05) is 26.2 Å². The Morgan fingerprint density at radius 2 is 1.44 bits per heavy atom. The molecule has 1 aliphatic heterocycles. The standard InChI is InChI=1S/C17H22F6N2/c1-3-11(2)15(25-6-4-24-5-7-25)12-8-13(16(18,19)20)10-14(9-12)17(21,22)23/h8-11,15,24H,3-7H2,1-2H3/t11?,15-/m0/s1. The van der Waals surface area contributed by atoms with Gasteiger partial charge in [-0.15, -0.1) is 0 Å². The van der Waals surface area contributed by atoms with Crippen molar-refractivity contribution in [3.8, 4) is 0 Å². The summed E-state index contributed by atoms with van der Waals surface area (Å²) in [4.78, 5) is 1.97. The van der Waals surface area contributed by atoms with Gasteiger partial charge in [-0.1, -0.05) is 20.3 Å². The van der Waals surface area contributed by atoms with Crippen molar-refractivity contribution < 1.29 is 26.3 Å². The second-order valence-electron chi connectivity index (χ2n) is 6.46. The van der Waals surface area contributed by atoms with Gasteiger partial charge < -0.3 is 5.32 Å². The highest BCUT2D eigenvalue weighted by Crippen LogP contribution is 2.40. The second-order valence-corrected chi connectivity index (χ2v) is 6.46. The molecule has 1 heterocycles. The Morgan fingerprint density at radius 1 is 0.960 bits per heavy atom. The van der Waals surface area contributed by atoms with Crippen LogP contribution in [0.1, 0.15) is 43.0 Å². The summed E-state index contributed by atoms with van der Waals surface area (Å²) < 4.78 is 78.8. The summed E-state index contributed by atoms with van der Waals surface area (Å²) in [6, 6.07) is 1.45. The van der Waals surface area contributed by atoms with Gasteiger partial charge in [0.1, 0.15) is 0 Å². The van der Waals surface area contributed by atoms with E-state index in [-0.39, 0.29) is 17.5 Å². The molecule has 0 saturated carbocycles. The number of halogens is 6. The number of nitrogens with one attached hydrogen (secondary N) is 1. The summed E-state index contributed by atoms with van der Waals surface area (Å²) in [6.45, 7) is 6.26.